The second-order valence-electron chi connectivity index (χ2n) is 7.47. The Kier molecular flexibility index (Phi) is 6.06. The summed E-state index contributed by atoms with van der Waals surface area (Å²) in [6.45, 7) is 4.60. The molecule has 3 unspecified atom stereocenters. The number of imide groups is 1. The van der Waals surface area contributed by atoms with Gasteiger partial charge in [-0.15, -0.1) is 0 Å². The van der Waals surface area contributed by atoms with Crippen LogP contribution in [0.5, 0.6) is 0 Å². The molecule has 0 aromatic rings. The molecule has 130 valence electrons. The number of rotatable bonds is 2. The number of carbonyl (C=O) groups is 2. The largest absolute Gasteiger partial charge is 0.314 e. The van der Waals surface area contributed by atoms with E-state index in [-0.39, 0.29) is 17.7 Å². The van der Waals surface area contributed by atoms with Gasteiger partial charge in [-0.2, -0.15) is 0 Å². The molecule has 0 aromatic heterocycles. The Morgan fingerprint density at radius 1 is 0.870 bits per heavy atom. The number of carbonyl (C=O) groups excluding carboxylic acids is 2. The Morgan fingerprint density at radius 2 is 1.57 bits per heavy atom. The van der Waals surface area contributed by atoms with Gasteiger partial charge in [0.15, 0.2) is 0 Å². The van der Waals surface area contributed by atoms with Crippen molar-refractivity contribution in [3.8, 4) is 0 Å². The monoisotopic (exact) mass is 321 g/mol. The lowest BCUT2D eigenvalue weighted by molar-refractivity contribution is -0.138. The minimum absolute atomic E-state index is 0.0100. The molecule has 0 bridgehead atoms. The summed E-state index contributed by atoms with van der Waals surface area (Å²) in [7, 11) is 0. The smallest absolute Gasteiger partial charge is 0.229 e. The van der Waals surface area contributed by atoms with Gasteiger partial charge in [-0.05, 0) is 38.0 Å². The molecule has 2 saturated heterocycles. The van der Waals surface area contributed by atoms with Crippen molar-refractivity contribution >= 4 is 11.8 Å². The SMILES string of the molecule is O=C1CCC(C2CCCCC(N3CCNCC3)CCC2)C(=O)N1. The van der Waals surface area contributed by atoms with Gasteiger partial charge >= 0.3 is 0 Å². The predicted octanol–water partition coefficient (Wildman–Crippen LogP) is 1.67. The zero-order valence-electron chi connectivity index (χ0n) is 14.2. The molecule has 2 N–H and O–H groups in total. The van der Waals surface area contributed by atoms with E-state index in [9.17, 15) is 9.59 Å². The van der Waals surface area contributed by atoms with Crippen LogP contribution in [0.25, 0.3) is 0 Å². The fourth-order valence-corrected chi connectivity index (χ4v) is 4.67. The van der Waals surface area contributed by atoms with Crippen molar-refractivity contribution in [2.75, 3.05) is 26.2 Å². The standard InChI is InChI=1S/C18H31N3O2/c22-17-9-8-16(18(23)20-17)14-4-1-2-6-15(7-3-5-14)21-12-10-19-11-13-21/h14-16,19H,1-13H2,(H,20,22,23). The first-order chi connectivity index (χ1) is 11.2. The first-order valence-corrected chi connectivity index (χ1v) is 9.52. The Hall–Kier alpha value is -0.940. The van der Waals surface area contributed by atoms with Crippen LogP contribution < -0.4 is 10.6 Å². The first-order valence-electron chi connectivity index (χ1n) is 9.52. The summed E-state index contributed by atoms with van der Waals surface area (Å²) in [5.41, 5.74) is 0. The van der Waals surface area contributed by atoms with Crippen molar-refractivity contribution in [3.05, 3.63) is 0 Å². The molecule has 5 nitrogen and oxygen atoms in total. The molecule has 0 spiro atoms. The Morgan fingerprint density at radius 3 is 2.35 bits per heavy atom. The maximum absolute atomic E-state index is 12.2. The van der Waals surface area contributed by atoms with Gasteiger partial charge in [0.25, 0.3) is 0 Å². The van der Waals surface area contributed by atoms with Gasteiger partial charge in [-0.1, -0.05) is 19.3 Å². The van der Waals surface area contributed by atoms with Gasteiger partial charge in [0.05, 0.1) is 0 Å². The third kappa shape index (κ3) is 4.54. The summed E-state index contributed by atoms with van der Waals surface area (Å²) >= 11 is 0. The van der Waals surface area contributed by atoms with E-state index in [1.54, 1.807) is 0 Å². The minimum atomic E-state index is -0.0897. The summed E-state index contributed by atoms with van der Waals surface area (Å²) in [5.74, 6) is 0.450. The Labute approximate surface area is 139 Å². The van der Waals surface area contributed by atoms with Crippen molar-refractivity contribution < 1.29 is 9.59 Å². The maximum atomic E-state index is 12.2. The first kappa shape index (κ1) is 16.9. The van der Waals surface area contributed by atoms with Gasteiger partial charge in [-0.25, -0.2) is 0 Å². The lowest BCUT2D eigenvalue weighted by Gasteiger charge is -2.35. The number of amides is 2. The molecule has 3 aliphatic rings. The quantitative estimate of drug-likeness (QED) is 0.760. The summed E-state index contributed by atoms with van der Waals surface area (Å²) in [6.07, 6.45) is 9.88. The van der Waals surface area contributed by atoms with Crippen LogP contribution in [0.2, 0.25) is 0 Å². The molecule has 1 saturated carbocycles. The van der Waals surface area contributed by atoms with Crippen molar-refractivity contribution in [1.29, 1.82) is 0 Å². The van der Waals surface area contributed by atoms with Crippen molar-refractivity contribution in [1.82, 2.24) is 15.5 Å². The third-order valence-electron chi connectivity index (χ3n) is 5.99. The number of piperidine rings is 1. The van der Waals surface area contributed by atoms with Crippen LogP contribution in [-0.2, 0) is 9.59 Å². The average molecular weight is 321 g/mol. The van der Waals surface area contributed by atoms with Crippen LogP contribution >= 0.6 is 0 Å². The van der Waals surface area contributed by atoms with E-state index in [2.05, 4.69) is 15.5 Å². The molecule has 23 heavy (non-hydrogen) atoms. The van der Waals surface area contributed by atoms with Gasteiger partial charge in [0.2, 0.25) is 11.8 Å². The number of hydrogen-bond acceptors (Lipinski definition) is 4. The minimum Gasteiger partial charge on any atom is -0.314 e. The summed E-state index contributed by atoms with van der Waals surface area (Å²) in [5, 5.41) is 5.98. The molecular weight excluding hydrogens is 290 g/mol. The molecule has 3 atom stereocenters. The van der Waals surface area contributed by atoms with Gasteiger partial charge in [-0.3, -0.25) is 19.8 Å². The van der Waals surface area contributed by atoms with E-state index in [0.717, 1.165) is 38.4 Å². The van der Waals surface area contributed by atoms with Crippen LogP contribution in [0, 0.1) is 11.8 Å². The van der Waals surface area contributed by atoms with Crippen molar-refractivity contribution in [3.63, 3.8) is 0 Å². The van der Waals surface area contributed by atoms with E-state index in [4.69, 9.17) is 0 Å². The molecule has 2 heterocycles. The van der Waals surface area contributed by atoms with E-state index in [0.29, 0.717) is 12.3 Å². The predicted molar refractivity (Wildman–Crippen MR) is 89.9 cm³/mol. The molecule has 1 aliphatic carbocycles. The summed E-state index contributed by atoms with van der Waals surface area (Å²) in [4.78, 5) is 26.2. The molecule has 3 fully saturated rings. The molecule has 2 amide bonds. The van der Waals surface area contributed by atoms with E-state index in [1.165, 1.54) is 45.2 Å². The number of nitrogens with one attached hydrogen (secondary N) is 2. The highest BCUT2D eigenvalue weighted by atomic mass is 16.2. The molecule has 0 aromatic carbocycles. The normalized spacial score (nSPS) is 35.0. The molecular formula is C18H31N3O2. The Bertz CT molecular complexity index is 420. The zero-order valence-corrected chi connectivity index (χ0v) is 14.2. The van der Waals surface area contributed by atoms with Crippen LogP contribution in [0.4, 0.5) is 0 Å². The van der Waals surface area contributed by atoms with E-state index < -0.39 is 0 Å². The molecule has 0 radical (unpaired) electrons. The number of nitrogens with zero attached hydrogens (tertiary/aromatic N) is 1. The van der Waals surface area contributed by atoms with Crippen LogP contribution in [-0.4, -0.2) is 48.9 Å². The topological polar surface area (TPSA) is 61.4 Å². The van der Waals surface area contributed by atoms with Crippen molar-refractivity contribution in [2.24, 2.45) is 11.8 Å². The van der Waals surface area contributed by atoms with E-state index >= 15 is 0 Å². The fourth-order valence-electron chi connectivity index (χ4n) is 4.67. The van der Waals surface area contributed by atoms with Crippen LogP contribution in [0.15, 0.2) is 0 Å². The van der Waals surface area contributed by atoms with Crippen LogP contribution in [0.3, 0.4) is 0 Å². The van der Waals surface area contributed by atoms with Crippen LogP contribution in [0.1, 0.15) is 57.8 Å². The van der Waals surface area contributed by atoms with Crippen molar-refractivity contribution in [2.45, 2.75) is 63.8 Å². The molecule has 2 aliphatic heterocycles. The highest BCUT2D eigenvalue weighted by Gasteiger charge is 2.33. The number of hydrogen-bond donors (Lipinski definition) is 2. The molecule has 5 heteroatoms. The zero-order chi connectivity index (χ0) is 16.1. The highest BCUT2D eigenvalue weighted by molar-refractivity contribution is 5.98. The van der Waals surface area contributed by atoms with Gasteiger partial charge < -0.3 is 5.32 Å². The second kappa shape index (κ2) is 8.25. The lowest BCUT2D eigenvalue weighted by atomic mass is 9.79. The lowest BCUT2D eigenvalue weighted by Crippen LogP contribution is -2.48. The van der Waals surface area contributed by atoms with Gasteiger partial charge in [0.1, 0.15) is 0 Å². The second-order valence-corrected chi connectivity index (χ2v) is 7.47. The fraction of sp³-hybridized carbons (Fsp3) is 0.889. The summed E-state index contributed by atoms with van der Waals surface area (Å²) < 4.78 is 0. The van der Waals surface area contributed by atoms with E-state index in [1.807, 2.05) is 0 Å². The molecule has 3 rings (SSSR count). The highest BCUT2D eigenvalue weighted by Crippen LogP contribution is 2.33. The number of piperazine rings is 1. The Balaban J connectivity index is 1.54. The third-order valence-corrected chi connectivity index (χ3v) is 5.99. The van der Waals surface area contributed by atoms with Gasteiger partial charge in [0, 0.05) is 44.6 Å². The average Bonchev–Trinajstić information content (AvgIpc) is 2.68. The maximum Gasteiger partial charge on any atom is 0.229 e. The summed E-state index contributed by atoms with van der Waals surface area (Å²) in [6, 6.07) is 0.734.